The van der Waals surface area contributed by atoms with Gasteiger partial charge in [0.1, 0.15) is 11.3 Å². The molecule has 0 saturated carbocycles. The minimum Gasteiger partial charge on any atom is -0.507 e. The van der Waals surface area contributed by atoms with Gasteiger partial charge in [-0.25, -0.2) is 4.79 Å². The number of hydrogen-bond donors (Lipinski definition) is 4. The molecule has 0 fully saturated rings. The van der Waals surface area contributed by atoms with Gasteiger partial charge in [0, 0.05) is 11.8 Å². The number of benzene rings is 1. The molecule has 0 heterocycles. The van der Waals surface area contributed by atoms with E-state index in [2.05, 4.69) is 5.32 Å². The first-order valence-electron chi connectivity index (χ1n) is 6.08. The number of aromatic hydroxyl groups is 1. The predicted octanol–water partition coefficient (Wildman–Crippen LogP) is 1.55. The fourth-order valence-electron chi connectivity index (χ4n) is 1.58. The summed E-state index contributed by atoms with van der Waals surface area (Å²) in [6, 6.07) is 3.22. The van der Waals surface area contributed by atoms with E-state index in [0.717, 1.165) is 12.8 Å². The molecule has 1 unspecified atom stereocenters. The third kappa shape index (κ3) is 4.26. The number of rotatable bonds is 6. The number of hydrogen-bond acceptors (Lipinski definition) is 4. The molecule has 0 aromatic heterocycles. The summed E-state index contributed by atoms with van der Waals surface area (Å²) in [7, 11) is 0. The number of nitrogens with two attached hydrogens (primary N) is 1. The van der Waals surface area contributed by atoms with Crippen molar-refractivity contribution in [1.82, 2.24) is 0 Å². The maximum atomic E-state index is 11.7. The van der Waals surface area contributed by atoms with E-state index >= 15 is 0 Å². The quantitative estimate of drug-likeness (QED) is 0.624. The molecule has 104 valence electrons. The van der Waals surface area contributed by atoms with Crippen molar-refractivity contribution >= 4 is 17.6 Å². The molecule has 0 saturated heterocycles. The average Bonchev–Trinajstić information content (AvgIpc) is 2.35. The van der Waals surface area contributed by atoms with Crippen molar-refractivity contribution in [1.29, 1.82) is 0 Å². The van der Waals surface area contributed by atoms with Crippen molar-refractivity contribution in [3.8, 4) is 5.75 Å². The summed E-state index contributed by atoms with van der Waals surface area (Å²) in [6.07, 6.45) is 2.40. The first-order chi connectivity index (χ1) is 8.95. The van der Waals surface area contributed by atoms with Crippen LogP contribution in [0.25, 0.3) is 0 Å². The highest BCUT2D eigenvalue weighted by atomic mass is 16.4. The first-order valence-corrected chi connectivity index (χ1v) is 6.08. The topological polar surface area (TPSA) is 113 Å². The number of carbonyl (C=O) groups excluding carboxylic acids is 1. The minimum absolute atomic E-state index is 0.215. The molecule has 6 nitrogen and oxygen atoms in total. The molecule has 0 bridgehead atoms. The molecule has 1 amide bonds. The number of carboxylic acid groups (broad SMARTS) is 1. The van der Waals surface area contributed by atoms with Crippen LogP contribution in [-0.2, 0) is 4.79 Å². The number of aromatic carboxylic acids is 1. The van der Waals surface area contributed by atoms with Gasteiger partial charge in [-0.3, -0.25) is 4.79 Å². The molecule has 0 aliphatic heterocycles. The summed E-state index contributed by atoms with van der Waals surface area (Å²) >= 11 is 0. The second-order valence-electron chi connectivity index (χ2n) is 4.28. The van der Waals surface area contributed by atoms with Crippen LogP contribution in [-0.4, -0.2) is 28.1 Å². The Kier molecular flexibility index (Phi) is 5.32. The van der Waals surface area contributed by atoms with Crippen LogP contribution in [0.4, 0.5) is 5.69 Å². The molecule has 1 atom stereocenters. The standard InChI is InChI=1S/C13H18N2O4/c1-2-3-4-10(14)12(17)15-8-5-6-9(13(18)19)11(16)7-8/h5-7,10,16H,2-4,14H2,1H3,(H,15,17)(H,18,19). The van der Waals surface area contributed by atoms with E-state index in [9.17, 15) is 14.7 Å². The van der Waals surface area contributed by atoms with E-state index in [-0.39, 0.29) is 11.5 Å². The summed E-state index contributed by atoms with van der Waals surface area (Å²) in [5.41, 5.74) is 5.80. The SMILES string of the molecule is CCCCC(N)C(=O)Nc1ccc(C(=O)O)c(O)c1. The lowest BCUT2D eigenvalue weighted by molar-refractivity contribution is -0.117. The highest BCUT2D eigenvalue weighted by molar-refractivity contribution is 5.96. The molecule has 5 N–H and O–H groups in total. The number of amides is 1. The maximum absolute atomic E-state index is 11.7. The van der Waals surface area contributed by atoms with Crippen molar-refractivity contribution in [3.05, 3.63) is 23.8 Å². The summed E-state index contributed by atoms with van der Waals surface area (Å²) in [6.45, 7) is 2.01. The predicted molar refractivity (Wildman–Crippen MR) is 71.2 cm³/mol. The lowest BCUT2D eigenvalue weighted by Gasteiger charge is -2.12. The molecule has 6 heteroatoms. The highest BCUT2D eigenvalue weighted by Gasteiger charge is 2.15. The van der Waals surface area contributed by atoms with Crippen LogP contribution in [0.15, 0.2) is 18.2 Å². The lowest BCUT2D eigenvalue weighted by atomic mass is 10.1. The Morgan fingerprint density at radius 2 is 2.11 bits per heavy atom. The van der Waals surface area contributed by atoms with Crippen molar-refractivity contribution in [3.63, 3.8) is 0 Å². The van der Waals surface area contributed by atoms with E-state index in [4.69, 9.17) is 10.8 Å². The molecule has 1 rings (SSSR count). The van der Waals surface area contributed by atoms with Gasteiger partial charge in [-0.1, -0.05) is 19.8 Å². The van der Waals surface area contributed by atoms with Gasteiger partial charge in [0.15, 0.2) is 0 Å². The maximum Gasteiger partial charge on any atom is 0.339 e. The average molecular weight is 266 g/mol. The van der Waals surface area contributed by atoms with Gasteiger partial charge < -0.3 is 21.3 Å². The van der Waals surface area contributed by atoms with E-state index in [1.807, 2.05) is 6.92 Å². The number of carboxylic acids is 1. The van der Waals surface area contributed by atoms with Crippen molar-refractivity contribution in [2.75, 3.05) is 5.32 Å². The summed E-state index contributed by atoms with van der Waals surface area (Å²) in [4.78, 5) is 22.4. The number of carbonyl (C=O) groups is 2. The Hall–Kier alpha value is -2.08. The van der Waals surface area contributed by atoms with Gasteiger partial charge >= 0.3 is 5.97 Å². The summed E-state index contributed by atoms with van der Waals surface area (Å²) < 4.78 is 0. The normalized spacial score (nSPS) is 11.9. The Morgan fingerprint density at radius 3 is 2.63 bits per heavy atom. The molecular formula is C13H18N2O4. The Balaban J connectivity index is 2.70. The Bertz CT molecular complexity index is 474. The van der Waals surface area contributed by atoms with E-state index < -0.39 is 17.8 Å². The zero-order valence-corrected chi connectivity index (χ0v) is 10.7. The van der Waals surface area contributed by atoms with Crippen LogP contribution < -0.4 is 11.1 Å². The van der Waals surface area contributed by atoms with Crippen molar-refractivity contribution in [2.45, 2.75) is 32.2 Å². The zero-order chi connectivity index (χ0) is 14.4. The van der Waals surface area contributed by atoms with Crippen LogP contribution in [0.2, 0.25) is 0 Å². The van der Waals surface area contributed by atoms with Gasteiger partial charge in [-0.2, -0.15) is 0 Å². The molecule has 0 spiro atoms. The van der Waals surface area contributed by atoms with E-state index in [1.165, 1.54) is 18.2 Å². The van der Waals surface area contributed by atoms with Crippen LogP contribution in [0.1, 0.15) is 36.5 Å². The Labute approximate surface area is 111 Å². The molecular weight excluding hydrogens is 248 g/mol. The van der Waals surface area contributed by atoms with Gasteiger partial charge in [0.05, 0.1) is 6.04 Å². The summed E-state index contributed by atoms with van der Waals surface area (Å²) in [5.74, 6) is -1.97. The van der Waals surface area contributed by atoms with Crippen LogP contribution in [0.3, 0.4) is 0 Å². The van der Waals surface area contributed by atoms with E-state index in [0.29, 0.717) is 12.1 Å². The first kappa shape index (κ1) is 15.0. The molecule has 0 radical (unpaired) electrons. The molecule has 1 aromatic carbocycles. The minimum atomic E-state index is -1.23. The smallest absolute Gasteiger partial charge is 0.339 e. The van der Waals surface area contributed by atoms with Crippen molar-refractivity contribution < 1.29 is 19.8 Å². The van der Waals surface area contributed by atoms with Crippen LogP contribution in [0, 0.1) is 0 Å². The van der Waals surface area contributed by atoms with Gasteiger partial charge in [-0.05, 0) is 18.6 Å². The number of phenols is 1. The largest absolute Gasteiger partial charge is 0.507 e. The number of anilines is 1. The second kappa shape index (κ2) is 6.75. The molecule has 19 heavy (non-hydrogen) atoms. The van der Waals surface area contributed by atoms with Crippen LogP contribution in [0.5, 0.6) is 5.75 Å². The van der Waals surface area contributed by atoms with E-state index in [1.54, 1.807) is 0 Å². The summed E-state index contributed by atoms with van der Waals surface area (Å²) in [5, 5.41) is 20.8. The fraction of sp³-hybridized carbons (Fsp3) is 0.385. The monoisotopic (exact) mass is 266 g/mol. The van der Waals surface area contributed by atoms with Crippen molar-refractivity contribution in [2.24, 2.45) is 5.73 Å². The Morgan fingerprint density at radius 1 is 1.42 bits per heavy atom. The number of unbranched alkanes of at least 4 members (excludes halogenated alkanes) is 1. The zero-order valence-electron chi connectivity index (χ0n) is 10.7. The highest BCUT2D eigenvalue weighted by Crippen LogP contribution is 2.22. The number of nitrogens with one attached hydrogen (secondary N) is 1. The van der Waals surface area contributed by atoms with Gasteiger partial charge in [-0.15, -0.1) is 0 Å². The van der Waals surface area contributed by atoms with Crippen LogP contribution >= 0.6 is 0 Å². The fourth-order valence-corrected chi connectivity index (χ4v) is 1.58. The molecule has 0 aliphatic rings. The third-order valence-electron chi connectivity index (χ3n) is 2.70. The molecule has 1 aromatic rings. The second-order valence-corrected chi connectivity index (χ2v) is 4.28. The lowest BCUT2D eigenvalue weighted by Crippen LogP contribution is -2.35. The third-order valence-corrected chi connectivity index (χ3v) is 2.70. The molecule has 0 aliphatic carbocycles. The van der Waals surface area contributed by atoms with Gasteiger partial charge in [0.25, 0.3) is 0 Å². The van der Waals surface area contributed by atoms with Gasteiger partial charge in [0.2, 0.25) is 5.91 Å².